The fourth-order valence-electron chi connectivity index (χ4n) is 2.89. The second kappa shape index (κ2) is 10.3. The molecule has 1 heterocycles. The normalized spacial score (nSPS) is 10.6. The Labute approximate surface area is 193 Å². The van der Waals surface area contributed by atoms with Crippen molar-refractivity contribution in [1.82, 2.24) is 4.98 Å². The summed E-state index contributed by atoms with van der Waals surface area (Å²) >= 11 is 7.24. The molecule has 0 aliphatic rings. The number of benzene rings is 3. The summed E-state index contributed by atoms with van der Waals surface area (Å²) in [6.45, 7) is 0.425. The molecule has 1 N–H and O–H groups in total. The van der Waals surface area contributed by atoms with Gasteiger partial charge >= 0.3 is 0 Å². The lowest BCUT2D eigenvalue weighted by Crippen LogP contribution is -2.14. The molecule has 1 aromatic heterocycles. The molecule has 0 saturated heterocycles. The van der Waals surface area contributed by atoms with E-state index in [1.54, 1.807) is 54.0 Å². The van der Waals surface area contributed by atoms with Gasteiger partial charge in [0.25, 0.3) is 5.91 Å². The van der Waals surface area contributed by atoms with Crippen LogP contribution < -0.4 is 14.8 Å². The Bertz CT molecular complexity index is 1200. The first-order valence-corrected chi connectivity index (χ1v) is 10.9. The number of anilines is 1. The maximum atomic E-state index is 13.4. The Morgan fingerprint density at radius 1 is 1.00 bits per heavy atom. The van der Waals surface area contributed by atoms with Crippen molar-refractivity contribution in [3.05, 3.63) is 106 Å². The molecule has 32 heavy (non-hydrogen) atoms. The van der Waals surface area contributed by atoms with Gasteiger partial charge in [-0.15, -0.1) is 11.3 Å². The SMILES string of the molecule is O=C(Nc1nccs1)c1cc(OCc2cccc(F)c2)ccc1OCc1ccc(Cl)cc1. The summed E-state index contributed by atoms with van der Waals surface area (Å²) in [5, 5.41) is 5.64. The Morgan fingerprint density at radius 3 is 2.56 bits per heavy atom. The van der Waals surface area contributed by atoms with Crippen molar-refractivity contribution in [3.8, 4) is 11.5 Å². The summed E-state index contributed by atoms with van der Waals surface area (Å²) in [7, 11) is 0. The van der Waals surface area contributed by atoms with E-state index < -0.39 is 0 Å². The molecule has 0 radical (unpaired) electrons. The number of nitrogens with zero attached hydrogens (tertiary/aromatic N) is 1. The summed E-state index contributed by atoms with van der Waals surface area (Å²) in [6.07, 6.45) is 1.61. The molecule has 4 aromatic rings. The van der Waals surface area contributed by atoms with E-state index in [0.717, 1.165) is 5.56 Å². The van der Waals surface area contributed by atoms with E-state index in [9.17, 15) is 9.18 Å². The molecule has 0 aliphatic carbocycles. The van der Waals surface area contributed by atoms with E-state index in [2.05, 4.69) is 10.3 Å². The quantitative estimate of drug-likeness (QED) is 0.327. The standard InChI is InChI=1S/C24H18ClFN2O3S/c25-18-6-4-16(5-7-18)14-31-22-9-8-20(30-15-17-2-1-3-19(26)12-17)13-21(22)23(29)28-24-27-10-11-32-24/h1-13H,14-15H2,(H,27,28,29). The first kappa shape index (κ1) is 21.8. The zero-order valence-corrected chi connectivity index (χ0v) is 18.3. The van der Waals surface area contributed by atoms with Crippen LogP contribution in [0.25, 0.3) is 0 Å². The predicted molar refractivity (Wildman–Crippen MR) is 123 cm³/mol. The molecule has 3 aromatic carbocycles. The maximum absolute atomic E-state index is 13.4. The zero-order chi connectivity index (χ0) is 22.3. The van der Waals surface area contributed by atoms with Crippen LogP contribution in [0.4, 0.5) is 9.52 Å². The van der Waals surface area contributed by atoms with E-state index in [0.29, 0.717) is 32.8 Å². The van der Waals surface area contributed by atoms with Gasteiger partial charge in [-0.05, 0) is 53.6 Å². The lowest BCUT2D eigenvalue weighted by atomic mass is 10.1. The van der Waals surface area contributed by atoms with Crippen molar-refractivity contribution < 1.29 is 18.7 Å². The zero-order valence-electron chi connectivity index (χ0n) is 16.8. The molecular formula is C24H18ClFN2O3S. The number of ether oxygens (including phenoxy) is 2. The number of carbonyl (C=O) groups excluding carboxylic acids is 1. The van der Waals surface area contributed by atoms with E-state index in [1.807, 2.05) is 12.1 Å². The second-order valence-corrected chi connectivity index (χ2v) is 8.11. The molecule has 5 nitrogen and oxygen atoms in total. The van der Waals surface area contributed by atoms with Crippen LogP contribution in [0.1, 0.15) is 21.5 Å². The molecule has 0 atom stereocenters. The van der Waals surface area contributed by atoms with Crippen molar-refractivity contribution in [1.29, 1.82) is 0 Å². The van der Waals surface area contributed by atoms with E-state index in [1.165, 1.54) is 23.5 Å². The summed E-state index contributed by atoms with van der Waals surface area (Å²) in [4.78, 5) is 17.0. The smallest absolute Gasteiger partial charge is 0.261 e. The van der Waals surface area contributed by atoms with Gasteiger partial charge in [-0.1, -0.05) is 35.9 Å². The third-order valence-corrected chi connectivity index (χ3v) is 5.39. The second-order valence-electron chi connectivity index (χ2n) is 6.78. The minimum absolute atomic E-state index is 0.163. The molecule has 0 unspecified atom stereocenters. The van der Waals surface area contributed by atoms with Gasteiger partial charge in [0.15, 0.2) is 5.13 Å². The van der Waals surface area contributed by atoms with Crippen LogP contribution in [0.3, 0.4) is 0 Å². The fraction of sp³-hybridized carbons (Fsp3) is 0.0833. The van der Waals surface area contributed by atoms with Gasteiger partial charge in [0.2, 0.25) is 0 Å². The first-order chi connectivity index (χ1) is 15.6. The molecule has 0 spiro atoms. The molecule has 162 valence electrons. The number of nitrogens with one attached hydrogen (secondary N) is 1. The van der Waals surface area contributed by atoms with Gasteiger partial charge in [-0.25, -0.2) is 9.37 Å². The number of thiazole rings is 1. The highest BCUT2D eigenvalue weighted by Gasteiger charge is 2.16. The Kier molecular flexibility index (Phi) is 6.99. The molecule has 0 bridgehead atoms. The van der Waals surface area contributed by atoms with Crippen molar-refractivity contribution in [2.75, 3.05) is 5.32 Å². The number of amides is 1. The number of rotatable bonds is 8. The Morgan fingerprint density at radius 2 is 1.81 bits per heavy atom. The van der Waals surface area contributed by atoms with E-state index >= 15 is 0 Å². The van der Waals surface area contributed by atoms with Gasteiger partial charge in [0.05, 0.1) is 5.56 Å². The number of hydrogen-bond donors (Lipinski definition) is 1. The number of carbonyl (C=O) groups is 1. The molecular weight excluding hydrogens is 451 g/mol. The lowest BCUT2D eigenvalue weighted by molar-refractivity contribution is 0.102. The van der Waals surface area contributed by atoms with Crippen LogP contribution >= 0.6 is 22.9 Å². The topological polar surface area (TPSA) is 60.5 Å². The lowest BCUT2D eigenvalue weighted by Gasteiger charge is -2.14. The minimum Gasteiger partial charge on any atom is -0.489 e. The largest absolute Gasteiger partial charge is 0.489 e. The summed E-state index contributed by atoms with van der Waals surface area (Å²) in [5.74, 6) is 0.146. The van der Waals surface area contributed by atoms with Crippen molar-refractivity contribution >= 4 is 34.0 Å². The van der Waals surface area contributed by atoms with Crippen molar-refractivity contribution in [2.45, 2.75) is 13.2 Å². The van der Waals surface area contributed by atoms with E-state index in [-0.39, 0.29) is 24.9 Å². The monoisotopic (exact) mass is 468 g/mol. The highest BCUT2D eigenvalue weighted by atomic mass is 35.5. The van der Waals surface area contributed by atoms with Crippen LogP contribution in [-0.2, 0) is 13.2 Å². The van der Waals surface area contributed by atoms with Crippen LogP contribution in [0.2, 0.25) is 5.02 Å². The van der Waals surface area contributed by atoms with Gasteiger partial charge in [0, 0.05) is 16.6 Å². The van der Waals surface area contributed by atoms with Gasteiger partial charge < -0.3 is 9.47 Å². The van der Waals surface area contributed by atoms with Crippen LogP contribution in [0.5, 0.6) is 11.5 Å². The number of halogens is 2. The van der Waals surface area contributed by atoms with Gasteiger partial charge in [0.1, 0.15) is 30.5 Å². The van der Waals surface area contributed by atoms with Crippen molar-refractivity contribution in [3.63, 3.8) is 0 Å². The van der Waals surface area contributed by atoms with Crippen LogP contribution in [0, 0.1) is 5.82 Å². The molecule has 0 aliphatic heterocycles. The average Bonchev–Trinajstić information content (AvgIpc) is 3.30. The number of hydrogen-bond acceptors (Lipinski definition) is 5. The number of aromatic nitrogens is 1. The third-order valence-electron chi connectivity index (χ3n) is 4.45. The Hall–Kier alpha value is -3.42. The highest BCUT2D eigenvalue weighted by molar-refractivity contribution is 7.13. The fourth-order valence-corrected chi connectivity index (χ4v) is 3.54. The summed E-state index contributed by atoms with van der Waals surface area (Å²) in [5.41, 5.74) is 1.89. The van der Waals surface area contributed by atoms with E-state index in [4.69, 9.17) is 21.1 Å². The summed E-state index contributed by atoms with van der Waals surface area (Å²) in [6, 6.07) is 18.4. The summed E-state index contributed by atoms with van der Waals surface area (Å²) < 4.78 is 25.1. The van der Waals surface area contributed by atoms with Gasteiger partial charge in [-0.2, -0.15) is 0 Å². The maximum Gasteiger partial charge on any atom is 0.261 e. The minimum atomic E-state index is -0.373. The molecule has 0 saturated carbocycles. The third kappa shape index (κ3) is 5.84. The van der Waals surface area contributed by atoms with Crippen LogP contribution in [-0.4, -0.2) is 10.9 Å². The molecule has 4 rings (SSSR count). The highest BCUT2D eigenvalue weighted by Crippen LogP contribution is 2.27. The molecule has 1 amide bonds. The average molecular weight is 469 g/mol. The van der Waals surface area contributed by atoms with Crippen LogP contribution in [0.15, 0.2) is 78.3 Å². The van der Waals surface area contributed by atoms with Crippen molar-refractivity contribution in [2.24, 2.45) is 0 Å². The van der Waals surface area contributed by atoms with Gasteiger partial charge in [-0.3, -0.25) is 10.1 Å². The Balaban J connectivity index is 1.53. The predicted octanol–water partition coefficient (Wildman–Crippen LogP) is 6.35. The first-order valence-electron chi connectivity index (χ1n) is 9.66. The molecule has 8 heteroatoms. The molecule has 0 fully saturated rings.